The Kier molecular flexibility index (Phi) is 5.93. The number of hydrogen-bond donors (Lipinski definition) is 2. The van der Waals surface area contributed by atoms with E-state index in [9.17, 15) is 10.1 Å². The van der Waals surface area contributed by atoms with Gasteiger partial charge in [-0.2, -0.15) is 0 Å². The Balaban J connectivity index is 2.47. The van der Waals surface area contributed by atoms with E-state index in [4.69, 9.17) is 10.5 Å². The maximum atomic E-state index is 10.9. The predicted octanol–water partition coefficient (Wildman–Crippen LogP) is 2.41. The summed E-state index contributed by atoms with van der Waals surface area (Å²) in [7, 11) is 1.67. The lowest BCUT2D eigenvalue weighted by molar-refractivity contribution is -0.383. The molecule has 0 aromatic heterocycles. The van der Waals surface area contributed by atoms with Crippen molar-refractivity contribution in [3.8, 4) is 0 Å². The van der Waals surface area contributed by atoms with E-state index < -0.39 is 4.92 Å². The molecule has 0 heterocycles. The molecule has 0 aliphatic carbocycles. The van der Waals surface area contributed by atoms with Gasteiger partial charge in [-0.05, 0) is 31.4 Å². The summed E-state index contributed by atoms with van der Waals surface area (Å²) in [6, 6.07) is 4.90. The van der Waals surface area contributed by atoms with Crippen LogP contribution in [0.5, 0.6) is 0 Å². The molecule has 6 nitrogen and oxygen atoms in total. The van der Waals surface area contributed by atoms with Crippen LogP contribution in [0.3, 0.4) is 0 Å². The topological polar surface area (TPSA) is 90.4 Å². The van der Waals surface area contributed by atoms with Gasteiger partial charge in [0.25, 0.3) is 0 Å². The number of benzene rings is 1. The number of ether oxygens (including phenoxy) is 1. The van der Waals surface area contributed by atoms with Gasteiger partial charge in [0.05, 0.1) is 4.92 Å². The summed E-state index contributed by atoms with van der Waals surface area (Å²) in [6.45, 7) is 1.44. The van der Waals surface area contributed by atoms with Crippen molar-refractivity contribution in [2.24, 2.45) is 0 Å². The molecule has 1 rings (SSSR count). The number of nitrogens with one attached hydrogen (secondary N) is 1. The molecule has 100 valence electrons. The molecular weight excluding hydrogens is 234 g/mol. The van der Waals surface area contributed by atoms with Crippen molar-refractivity contribution in [1.29, 1.82) is 0 Å². The summed E-state index contributed by atoms with van der Waals surface area (Å²) < 4.78 is 4.95. The Hall–Kier alpha value is -1.82. The number of rotatable bonds is 8. The van der Waals surface area contributed by atoms with Gasteiger partial charge in [-0.1, -0.05) is 6.07 Å². The van der Waals surface area contributed by atoms with Crippen LogP contribution in [-0.4, -0.2) is 25.2 Å². The van der Waals surface area contributed by atoms with Crippen molar-refractivity contribution >= 4 is 17.1 Å². The first-order chi connectivity index (χ1) is 8.66. The third-order valence-corrected chi connectivity index (χ3v) is 2.59. The van der Waals surface area contributed by atoms with Gasteiger partial charge in [-0.3, -0.25) is 10.1 Å². The van der Waals surface area contributed by atoms with Crippen LogP contribution in [0.15, 0.2) is 18.2 Å². The second-order valence-corrected chi connectivity index (χ2v) is 3.98. The zero-order chi connectivity index (χ0) is 13.4. The average Bonchev–Trinajstić information content (AvgIpc) is 2.33. The zero-order valence-corrected chi connectivity index (χ0v) is 10.5. The van der Waals surface area contributed by atoms with Gasteiger partial charge in [0, 0.05) is 20.3 Å². The van der Waals surface area contributed by atoms with Gasteiger partial charge in [0.1, 0.15) is 11.4 Å². The Morgan fingerprint density at radius 2 is 2.17 bits per heavy atom. The number of nitrogens with zero attached hydrogens (tertiary/aromatic N) is 1. The molecule has 6 heteroatoms. The Morgan fingerprint density at radius 1 is 1.39 bits per heavy atom. The van der Waals surface area contributed by atoms with E-state index in [0.717, 1.165) is 25.9 Å². The van der Waals surface area contributed by atoms with E-state index in [-0.39, 0.29) is 11.4 Å². The monoisotopic (exact) mass is 253 g/mol. The van der Waals surface area contributed by atoms with E-state index in [0.29, 0.717) is 12.2 Å². The minimum absolute atomic E-state index is 0.0469. The van der Waals surface area contributed by atoms with Gasteiger partial charge >= 0.3 is 5.69 Å². The molecule has 0 saturated heterocycles. The predicted molar refractivity (Wildman–Crippen MR) is 71.7 cm³/mol. The SMILES string of the molecule is COCCCCCNc1cccc(N)c1[N+](=O)[O-]. The Bertz CT molecular complexity index is 396. The number of methoxy groups -OCH3 is 1. The molecule has 1 aromatic carbocycles. The number of nitrogen functional groups attached to an aromatic ring is 1. The average molecular weight is 253 g/mol. The summed E-state index contributed by atoms with van der Waals surface area (Å²) in [5, 5.41) is 13.9. The summed E-state index contributed by atoms with van der Waals surface area (Å²) in [5.74, 6) is 0. The molecule has 0 bridgehead atoms. The first-order valence-corrected chi connectivity index (χ1v) is 5.92. The second-order valence-electron chi connectivity index (χ2n) is 3.98. The molecule has 0 aliphatic heterocycles. The second kappa shape index (κ2) is 7.50. The first kappa shape index (κ1) is 14.2. The smallest absolute Gasteiger partial charge is 0.314 e. The number of para-hydroxylation sites is 1. The van der Waals surface area contributed by atoms with Crippen LogP contribution >= 0.6 is 0 Å². The minimum Gasteiger partial charge on any atom is -0.393 e. The third kappa shape index (κ3) is 4.21. The summed E-state index contributed by atoms with van der Waals surface area (Å²) >= 11 is 0. The van der Waals surface area contributed by atoms with Gasteiger partial charge in [-0.15, -0.1) is 0 Å². The molecule has 0 saturated carbocycles. The van der Waals surface area contributed by atoms with Crippen LogP contribution in [0.2, 0.25) is 0 Å². The van der Waals surface area contributed by atoms with Crippen molar-refractivity contribution in [1.82, 2.24) is 0 Å². The number of nitro groups is 1. The highest BCUT2D eigenvalue weighted by atomic mass is 16.6. The van der Waals surface area contributed by atoms with Crippen molar-refractivity contribution in [2.45, 2.75) is 19.3 Å². The van der Waals surface area contributed by atoms with Crippen molar-refractivity contribution in [3.63, 3.8) is 0 Å². The van der Waals surface area contributed by atoms with E-state index in [1.165, 1.54) is 6.07 Å². The molecule has 1 aromatic rings. The summed E-state index contributed by atoms with van der Waals surface area (Å²) in [4.78, 5) is 10.4. The molecule has 0 atom stereocenters. The largest absolute Gasteiger partial charge is 0.393 e. The maximum absolute atomic E-state index is 10.9. The van der Waals surface area contributed by atoms with Gasteiger partial charge in [0.15, 0.2) is 0 Å². The van der Waals surface area contributed by atoms with Crippen LogP contribution < -0.4 is 11.1 Å². The lowest BCUT2D eigenvalue weighted by atomic mass is 10.2. The first-order valence-electron chi connectivity index (χ1n) is 5.92. The quantitative estimate of drug-likeness (QED) is 0.321. The van der Waals surface area contributed by atoms with Crippen molar-refractivity contribution in [3.05, 3.63) is 28.3 Å². The lowest BCUT2D eigenvalue weighted by Gasteiger charge is -2.08. The normalized spacial score (nSPS) is 10.3. The highest BCUT2D eigenvalue weighted by Gasteiger charge is 2.16. The molecule has 3 N–H and O–H groups in total. The maximum Gasteiger partial charge on any atom is 0.314 e. The number of nitrogens with two attached hydrogens (primary N) is 1. The molecular formula is C12H19N3O3. The fraction of sp³-hybridized carbons (Fsp3) is 0.500. The van der Waals surface area contributed by atoms with Crippen LogP contribution in [0.1, 0.15) is 19.3 Å². The van der Waals surface area contributed by atoms with E-state index in [1.54, 1.807) is 19.2 Å². The van der Waals surface area contributed by atoms with Crippen LogP contribution in [0.25, 0.3) is 0 Å². The molecule has 0 spiro atoms. The fourth-order valence-electron chi connectivity index (χ4n) is 1.68. The summed E-state index contributed by atoms with van der Waals surface area (Å²) in [5.41, 5.74) is 6.21. The molecule has 0 unspecified atom stereocenters. The zero-order valence-electron chi connectivity index (χ0n) is 10.5. The standard InChI is InChI=1S/C12H19N3O3/c1-18-9-4-2-3-8-14-11-7-5-6-10(13)12(11)15(16)17/h5-7,14H,2-4,8-9,13H2,1H3. The van der Waals surface area contributed by atoms with E-state index in [2.05, 4.69) is 5.32 Å². The van der Waals surface area contributed by atoms with Crippen molar-refractivity contribution < 1.29 is 9.66 Å². The highest BCUT2D eigenvalue weighted by Crippen LogP contribution is 2.30. The highest BCUT2D eigenvalue weighted by molar-refractivity contribution is 5.74. The van der Waals surface area contributed by atoms with Crippen LogP contribution in [-0.2, 0) is 4.74 Å². The van der Waals surface area contributed by atoms with Gasteiger partial charge < -0.3 is 15.8 Å². The minimum atomic E-state index is -0.456. The van der Waals surface area contributed by atoms with E-state index >= 15 is 0 Å². The van der Waals surface area contributed by atoms with Gasteiger partial charge in [-0.25, -0.2) is 0 Å². The third-order valence-electron chi connectivity index (χ3n) is 2.59. The molecule has 18 heavy (non-hydrogen) atoms. The number of nitro benzene ring substituents is 1. The Morgan fingerprint density at radius 3 is 2.83 bits per heavy atom. The molecule has 0 aliphatic rings. The molecule has 0 radical (unpaired) electrons. The Labute approximate surface area is 106 Å². The molecule has 0 amide bonds. The van der Waals surface area contributed by atoms with Crippen LogP contribution in [0.4, 0.5) is 17.1 Å². The number of unbranched alkanes of at least 4 members (excludes halogenated alkanes) is 2. The number of anilines is 2. The van der Waals surface area contributed by atoms with Crippen molar-refractivity contribution in [2.75, 3.05) is 31.3 Å². The lowest BCUT2D eigenvalue weighted by Crippen LogP contribution is -2.06. The molecule has 0 fully saturated rings. The number of hydrogen-bond acceptors (Lipinski definition) is 5. The van der Waals surface area contributed by atoms with E-state index in [1.807, 2.05) is 0 Å². The van der Waals surface area contributed by atoms with Crippen LogP contribution in [0, 0.1) is 10.1 Å². The van der Waals surface area contributed by atoms with Gasteiger partial charge in [0.2, 0.25) is 0 Å². The fourth-order valence-corrected chi connectivity index (χ4v) is 1.68. The summed E-state index contributed by atoms with van der Waals surface area (Å²) in [6.07, 6.45) is 2.96.